The van der Waals surface area contributed by atoms with Crippen LogP contribution < -0.4 is 20.2 Å². The van der Waals surface area contributed by atoms with Crippen LogP contribution in [0.2, 0.25) is 0 Å². The molecule has 35 heavy (non-hydrogen) atoms. The molecule has 0 aliphatic carbocycles. The van der Waals surface area contributed by atoms with Crippen molar-refractivity contribution in [2.75, 3.05) is 18.5 Å². The molecule has 5 aromatic rings. The number of benzene rings is 2. The lowest BCUT2D eigenvalue weighted by atomic mass is 10.1. The Morgan fingerprint density at radius 1 is 0.943 bits per heavy atom. The number of ether oxygens (including phenoxy) is 1. The van der Waals surface area contributed by atoms with Gasteiger partial charge in [0.1, 0.15) is 0 Å². The number of hydrogen-bond acceptors (Lipinski definition) is 5. The second-order valence-electron chi connectivity index (χ2n) is 8.27. The third-order valence-electron chi connectivity index (χ3n) is 5.73. The number of fused-ring (bicyclic) bond motifs is 2. The number of hydrogen-bond donors (Lipinski definition) is 1. The second-order valence-corrected chi connectivity index (χ2v) is 8.27. The zero-order valence-electron chi connectivity index (χ0n) is 19.4. The molecule has 0 fully saturated rings. The average molecular weight is 468 g/mol. The number of furan rings is 1. The number of anilines is 1. The normalized spacial score (nSPS) is 11.4. The van der Waals surface area contributed by atoms with Gasteiger partial charge in [0.05, 0.1) is 12.9 Å². The third kappa shape index (κ3) is 5.61. The fourth-order valence-corrected chi connectivity index (χ4v) is 3.97. The summed E-state index contributed by atoms with van der Waals surface area (Å²) in [7, 11) is 0. The molecule has 0 saturated heterocycles. The molecule has 176 valence electrons. The summed E-state index contributed by atoms with van der Waals surface area (Å²) in [5.74, 6) is 0.478. The molecular weight excluding hydrogens is 440 g/mol. The van der Waals surface area contributed by atoms with Gasteiger partial charge < -0.3 is 18.9 Å². The van der Waals surface area contributed by atoms with Gasteiger partial charge >= 0.3 is 5.63 Å². The maximum atomic E-state index is 11.7. The highest BCUT2D eigenvalue weighted by Gasteiger charge is 2.15. The first-order valence-electron chi connectivity index (χ1n) is 11.8. The highest BCUT2D eigenvalue weighted by Crippen LogP contribution is 2.34. The van der Waals surface area contributed by atoms with E-state index in [9.17, 15) is 4.79 Å². The van der Waals surface area contributed by atoms with E-state index in [4.69, 9.17) is 13.6 Å². The van der Waals surface area contributed by atoms with E-state index >= 15 is 0 Å². The summed E-state index contributed by atoms with van der Waals surface area (Å²) in [6, 6.07) is 21.4. The lowest BCUT2D eigenvalue weighted by Gasteiger charge is -2.08. The van der Waals surface area contributed by atoms with Crippen molar-refractivity contribution in [3.63, 3.8) is 0 Å². The van der Waals surface area contributed by atoms with E-state index in [0.29, 0.717) is 23.5 Å². The number of pyridine rings is 1. The van der Waals surface area contributed by atoms with Crippen molar-refractivity contribution >= 4 is 33.7 Å². The van der Waals surface area contributed by atoms with Gasteiger partial charge in [-0.05, 0) is 30.2 Å². The Labute approximate surface area is 203 Å². The third-order valence-corrected chi connectivity index (χ3v) is 5.73. The van der Waals surface area contributed by atoms with Gasteiger partial charge in [-0.1, -0.05) is 42.5 Å². The highest BCUT2D eigenvalue weighted by molar-refractivity contribution is 5.99. The molecule has 1 N–H and O–H groups in total. The molecule has 0 atom stereocenters. The first-order valence-corrected chi connectivity index (χ1v) is 11.8. The number of aryl methyl sites for hydroxylation is 1. The molecule has 0 radical (unpaired) electrons. The van der Waals surface area contributed by atoms with Crippen LogP contribution in [0.25, 0.3) is 28.0 Å². The van der Waals surface area contributed by atoms with Gasteiger partial charge in [0.15, 0.2) is 30.1 Å². The van der Waals surface area contributed by atoms with Gasteiger partial charge in [-0.2, -0.15) is 0 Å². The molecule has 3 aromatic heterocycles. The summed E-state index contributed by atoms with van der Waals surface area (Å²) in [5.41, 5.74) is 2.91. The number of aromatic nitrogens is 1. The quantitative estimate of drug-likeness (QED) is 0.159. The highest BCUT2D eigenvalue weighted by atomic mass is 16.5. The SMILES string of the molecule is O=c1ccc2cc3ccoc3c(OCCC[n+]3ccc(NCCC=Cc4ccccc4)cc3)c2o1. The summed E-state index contributed by atoms with van der Waals surface area (Å²) < 4.78 is 19.2. The Hall–Kier alpha value is -4.32. The Balaban J connectivity index is 1.11. The minimum atomic E-state index is -0.412. The zero-order chi connectivity index (χ0) is 23.9. The molecule has 0 unspecified atom stereocenters. The predicted octanol–water partition coefficient (Wildman–Crippen LogP) is 5.81. The molecule has 2 aromatic carbocycles. The van der Waals surface area contributed by atoms with Crippen LogP contribution in [-0.2, 0) is 6.54 Å². The van der Waals surface area contributed by atoms with Gasteiger partial charge in [0.25, 0.3) is 0 Å². The molecule has 0 aliphatic rings. The molecule has 5 rings (SSSR count). The van der Waals surface area contributed by atoms with E-state index in [0.717, 1.165) is 42.4 Å². The van der Waals surface area contributed by atoms with Crippen LogP contribution >= 0.6 is 0 Å². The lowest BCUT2D eigenvalue weighted by Crippen LogP contribution is -2.33. The van der Waals surface area contributed by atoms with Gasteiger partial charge in [0.2, 0.25) is 5.75 Å². The smallest absolute Gasteiger partial charge is 0.336 e. The molecule has 6 nitrogen and oxygen atoms in total. The number of rotatable bonds is 10. The second kappa shape index (κ2) is 10.7. The lowest BCUT2D eigenvalue weighted by molar-refractivity contribution is -0.697. The largest absolute Gasteiger partial charge is 0.486 e. The summed E-state index contributed by atoms with van der Waals surface area (Å²) in [5, 5.41) is 5.17. The molecule has 0 saturated carbocycles. The first-order chi connectivity index (χ1) is 17.3. The van der Waals surface area contributed by atoms with Crippen LogP contribution in [0.5, 0.6) is 5.75 Å². The van der Waals surface area contributed by atoms with Gasteiger partial charge in [-0.25, -0.2) is 9.36 Å². The summed E-state index contributed by atoms with van der Waals surface area (Å²) in [6.45, 7) is 2.15. The van der Waals surface area contributed by atoms with Gasteiger partial charge in [0, 0.05) is 47.6 Å². The van der Waals surface area contributed by atoms with E-state index in [1.165, 1.54) is 11.6 Å². The molecule has 3 heterocycles. The standard InChI is InChI=1S/C29H26N2O4/c32-26-11-10-23-21-24-14-20-34-27(24)29(28(23)35-26)33-19-6-16-31-17-12-25(13-18-31)30-15-5-4-9-22-7-2-1-3-8-22/h1-4,7-14,17-18,20-21H,5-6,15-16,19H2/p+1. The van der Waals surface area contributed by atoms with Crippen LogP contribution in [0.4, 0.5) is 5.69 Å². The van der Waals surface area contributed by atoms with Crippen molar-refractivity contribution in [2.45, 2.75) is 19.4 Å². The van der Waals surface area contributed by atoms with Crippen molar-refractivity contribution in [2.24, 2.45) is 0 Å². The zero-order valence-corrected chi connectivity index (χ0v) is 19.4. The predicted molar refractivity (Wildman–Crippen MR) is 138 cm³/mol. The van der Waals surface area contributed by atoms with Crippen LogP contribution in [0.1, 0.15) is 18.4 Å². The summed E-state index contributed by atoms with van der Waals surface area (Å²) in [4.78, 5) is 11.7. The maximum Gasteiger partial charge on any atom is 0.336 e. The van der Waals surface area contributed by atoms with Crippen LogP contribution in [0.15, 0.2) is 105 Å². The van der Waals surface area contributed by atoms with Crippen LogP contribution in [-0.4, -0.2) is 13.2 Å². The minimum Gasteiger partial charge on any atom is -0.486 e. The van der Waals surface area contributed by atoms with Gasteiger partial charge in [-0.15, -0.1) is 0 Å². The Bertz CT molecular complexity index is 1480. The Morgan fingerprint density at radius 2 is 1.77 bits per heavy atom. The van der Waals surface area contributed by atoms with Crippen LogP contribution in [0, 0.1) is 0 Å². The fourth-order valence-electron chi connectivity index (χ4n) is 3.97. The number of nitrogens with zero attached hydrogens (tertiary/aromatic N) is 1. The molecule has 0 aliphatic heterocycles. The fraction of sp³-hybridized carbons (Fsp3) is 0.172. The topological polar surface area (TPSA) is 68.5 Å². The van der Waals surface area contributed by atoms with E-state index < -0.39 is 5.63 Å². The average Bonchev–Trinajstić information content (AvgIpc) is 3.36. The van der Waals surface area contributed by atoms with Crippen molar-refractivity contribution in [1.29, 1.82) is 0 Å². The Kier molecular flexibility index (Phi) is 6.89. The molecule has 0 amide bonds. The maximum absolute atomic E-state index is 11.7. The van der Waals surface area contributed by atoms with Crippen LogP contribution in [0.3, 0.4) is 0 Å². The van der Waals surface area contributed by atoms with Crippen molar-refractivity contribution in [3.8, 4) is 5.75 Å². The van der Waals surface area contributed by atoms with E-state index in [2.05, 4.69) is 58.7 Å². The van der Waals surface area contributed by atoms with E-state index in [1.807, 2.05) is 30.3 Å². The monoisotopic (exact) mass is 467 g/mol. The van der Waals surface area contributed by atoms with Crippen molar-refractivity contribution in [3.05, 3.63) is 107 Å². The molecule has 0 bridgehead atoms. The Morgan fingerprint density at radius 3 is 2.63 bits per heavy atom. The van der Waals surface area contributed by atoms with Gasteiger partial charge in [-0.3, -0.25) is 0 Å². The van der Waals surface area contributed by atoms with Crippen molar-refractivity contribution < 1.29 is 18.1 Å². The first kappa shape index (κ1) is 22.5. The van der Waals surface area contributed by atoms with E-state index in [-0.39, 0.29) is 0 Å². The summed E-state index contributed by atoms with van der Waals surface area (Å²) >= 11 is 0. The molecule has 0 spiro atoms. The minimum absolute atomic E-state index is 0.412. The number of nitrogens with one attached hydrogen (secondary N) is 1. The van der Waals surface area contributed by atoms with E-state index in [1.54, 1.807) is 12.3 Å². The molecule has 6 heteroatoms. The van der Waals surface area contributed by atoms with Crippen molar-refractivity contribution in [1.82, 2.24) is 0 Å². The molecular formula is C29H27N2O4+. The summed E-state index contributed by atoms with van der Waals surface area (Å²) in [6.07, 6.45) is 11.8.